The second kappa shape index (κ2) is 9.22. The fraction of sp³-hybridized carbons (Fsp3) is 0.333. The van der Waals surface area contributed by atoms with Gasteiger partial charge in [-0.3, -0.25) is 9.59 Å². The Morgan fingerprint density at radius 3 is 2.60 bits per heavy atom. The van der Waals surface area contributed by atoms with Gasteiger partial charge in [0.05, 0.1) is 0 Å². The van der Waals surface area contributed by atoms with Crippen molar-refractivity contribution in [3.8, 4) is 0 Å². The first kappa shape index (κ1) is 21.7. The third-order valence-electron chi connectivity index (χ3n) is 5.55. The normalized spacial score (nSPS) is 20.5. The molecule has 0 spiro atoms. The molecule has 2 unspecified atom stereocenters. The molecule has 1 aromatic rings. The van der Waals surface area contributed by atoms with E-state index in [1.165, 1.54) is 18.2 Å². The molecule has 3 rings (SSSR count). The van der Waals surface area contributed by atoms with Crippen LogP contribution in [0.1, 0.15) is 25.3 Å². The summed E-state index contributed by atoms with van der Waals surface area (Å²) < 4.78 is 13.2. The molecule has 1 amide bonds. The lowest BCUT2D eigenvalue weighted by atomic mass is 9.97. The Labute approximate surface area is 176 Å². The van der Waals surface area contributed by atoms with Gasteiger partial charge in [0.25, 0.3) is 5.91 Å². The number of nitrogens with zero attached hydrogens (tertiary/aromatic N) is 2. The van der Waals surface area contributed by atoms with E-state index in [0.29, 0.717) is 31.6 Å². The lowest BCUT2D eigenvalue weighted by molar-refractivity contribution is -0.133. The largest absolute Gasteiger partial charge is 0.381 e. The summed E-state index contributed by atoms with van der Waals surface area (Å²) in [4.78, 5) is 29.8. The van der Waals surface area contributed by atoms with Crippen molar-refractivity contribution in [1.29, 1.82) is 0 Å². The van der Waals surface area contributed by atoms with Crippen LogP contribution in [0.15, 0.2) is 72.6 Å². The Balaban J connectivity index is 1.99. The molecule has 30 heavy (non-hydrogen) atoms. The molecule has 0 fully saturated rings. The van der Waals surface area contributed by atoms with Crippen LogP contribution in [-0.4, -0.2) is 45.8 Å². The van der Waals surface area contributed by atoms with Crippen LogP contribution in [0.5, 0.6) is 0 Å². The Kier molecular flexibility index (Phi) is 6.67. The number of rotatable bonds is 7. The van der Waals surface area contributed by atoms with Crippen molar-refractivity contribution >= 4 is 11.7 Å². The Bertz CT molecular complexity index is 917. The smallest absolute Gasteiger partial charge is 0.259 e. The fourth-order valence-corrected chi connectivity index (χ4v) is 3.86. The molecule has 1 aromatic carbocycles. The van der Waals surface area contributed by atoms with Gasteiger partial charge >= 0.3 is 0 Å². The van der Waals surface area contributed by atoms with E-state index in [-0.39, 0.29) is 23.9 Å². The zero-order chi connectivity index (χ0) is 21.8. The second-order valence-corrected chi connectivity index (χ2v) is 7.58. The molecule has 2 heterocycles. The third kappa shape index (κ3) is 4.28. The Hall–Kier alpha value is -2.99. The highest BCUT2D eigenvalue weighted by molar-refractivity contribution is 6.22. The number of aliphatic hydroxyl groups excluding tert-OH is 1. The van der Waals surface area contributed by atoms with E-state index >= 15 is 0 Å². The monoisotopic (exact) mass is 410 g/mol. The molecule has 0 aromatic heterocycles. The number of carbonyl (C=O) groups excluding carboxylic acids is 2. The summed E-state index contributed by atoms with van der Waals surface area (Å²) in [6.07, 6.45) is 4.81. The maximum absolute atomic E-state index is 13.3. The summed E-state index contributed by atoms with van der Waals surface area (Å²) in [5.41, 5.74) is 2.21. The molecule has 2 aliphatic heterocycles. The topological polar surface area (TPSA) is 60.9 Å². The number of allylic oxidation sites excluding steroid dienone is 1. The number of benzene rings is 1. The predicted molar refractivity (Wildman–Crippen MR) is 113 cm³/mol. The van der Waals surface area contributed by atoms with Gasteiger partial charge in [-0.05, 0) is 30.2 Å². The molecule has 0 aliphatic carbocycles. The maximum atomic E-state index is 13.3. The van der Waals surface area contributed by atoms with Gasteiger partial charge in [-0.15, -0.1) is 13.2 Å². The van der Waals surface area contributed by atoms with E-state index in [1.807, 2.05) is 11.8 Å². The van der Waals surface area contributed by atoms with Gasteiger partial charge < -0.3 is 14.9 Å². The molecule has 6 heteroatoms. The average molecular weight is 410 g/mol. The first-order chi connectivity index (χ1) is 14.4. The number of hydrogen-bond donors (Lipinski definition) is 1. The average Bonchev–Trinajstić information content (AvgIpc) is 2.85. The molecule has 158 valence electrons. The zero-order valence-corrected chi connectivity index (χ0v) is 17.2. The van der Waals surface area contributed by atoms with Gasteiger partial charge in [0.1, 0.15) is 17.5 Å². The van der Waals surface area contributed by atoms with Gasteiger partial charge in [-0.2, -0.15) is 0 Å². The summed E-state index contributed by atoms with van der Waals surface area (Å²) >= 11 is 0. The second-order valence-electron chi connectivity index (χ2n) is 7.58. The number of Topliss-reactive ketones (excluding diaryl/α,β-unsaturated/α-hetero) is 1. The lowest BCUT2D eigenvalue weighted by Crippen LogP contribution is -2.43. The molecule has 2 aliphatic rings. The van der Waals surface area contributed by atoms with Crippen LogP contribution in [0.25, 0.3) is 0 Å². The Morgan fingerprint density at radius 1 is 1.27 bits per heavy atom. The maximum Gasteiger partial charge on any atom is 0.259 e. The van der Waals surface area contributed by atoms with Crippen molar-refractivity contribution in [1.82, 2.24) is 9.80 Å². The minimum atomic E-state index is -1.39. The van der Waals surface area contributed by atoms with Crippen molar-refractivity contribution in [3.05, 3.63) is 84.0 Å². The molecule has 0 bridgehead atoms. The van der Waals surface area contributed by atoms with Crippen LogP contribution in [-0.2, 0) is 16.1 Å². The zero-order valence-electron chi connectivity index (χ0n) is 17.2. The van der Waals surface area contributed by atoms with Crippen LogP contribution in [0.2, 0.25) is 0 Å². The SMILES string of the molecule is C=CCCN1C(C(C)C=C)=CC(O)C(=O)C2=C1CCN(Cc1ccc(F)cc1)C2=O. The molecule has 0 radical (unpaired) electrons. The van der Waals surface area contributed by atoms with Gasteiger partial charge in [-0.25, -0.2) is 4.39 Å². The number of amides is 1. The summed E-state index contributed by atoms with van der Waals surface area (Å²) in [7, 11) is 0. The number of ketones is 1. The lowest BCUT2D eigenvalue weighted by Gasteiger charge is -2.37. The van der Waals surface area contributed by atoms with Crippen molar-refractivity contribution in [3.63, 3.8) is 0 Å². The molecular weight excluding hydrogens is 383 g/mol. The van der Waals surface area contributed by atoms with E-state index in [4.69, 9.17) is 0 Å². The summed E-state index contributed by atoms with van der Waals surface area (Å²) in [5.74, 6) is -1.44. The van der Waals surface area contributed by atoms with Crippen LogP contribution < -0.4 is 0 Å². The minimum absolute atomic E-state index is 0.0300. The number of aliphatic hydroxyl groups is 1. The highest BCUT2D eigenvalue weighted by atomic mass is 19.1. The molecular formula is C24H27FN2O3. The van der Waals surface area contributed by atoms with Gasteiger partial charge in [-0.1, -0.05) is 31.2 Å². The molecule has 2 atom stereocenters. The van der Waals surface area contributed by atoms with Crippen molar-refractivity contribution in [2.45, 2.75) is 32.4 Å². The minimum Gasteiger partial charge on any atom is -0.381 e. The highest BCUT2D eigenvalue weighted by Crippen LogP contribution is 2.34. The van der Waals surface area contributed by atoms with Crippen molar-refractivity contribution in [2.24, 2.45) is 5.92 Å². The van der Waals surface area contributed by atoms with E-state index in [1.54, 1.807) is 29.2 Å². The van der Waals surface area contributed by atoms with Crippen LogP contribution in [0.4, 0.5) is 4.39 Å². The predicted octanol–water partition coefficient (Wildman–Crippen LogP) is 3.34. The summed E-state index contributed by atoms with van der Waals surface area (Å²) in [5, 5.41) is 10.5. The molecule has 1 N–H and O–H groups in total. The third-order valence-corrected chi connectivity index (χ3v) is 5.55. The number of hydrogen-bond acceptors (Lipinski definition) is 4. The van der Waals surface area contributed by atoms with E-state index < -0.39 is 17.8 Å². The Morgan fingerprint density at radius 2 is 1.97 bits per heavy atom. The van der Waals surface area contributed by atoms with Crippen LogP contribution in [0, 0.1) is 11.7 Å². The van der Waals surface area contributed by atoms with E-state index in [2.05, 4.69) is 13.2 Å². The number of halogens is 1. The molecule has 5 nitrogen and oxygen atoms in total. The van der Waals surface area contributed by atoms with Gasteiger partial charge in [0.2, 0.25) is 5.78 Å². The summed E-state index contributed by atoms with van der Waals surface area (Å²) in [6, 6.07) is 5.94. The highest BCUT2D eigenvalue weighted by Gasteiger charge is 2.39. The summed E-state index contributed by atoms with van der Waals surface area (Å²) in [6.45, 7) is 10.8. The molecule has 0 saturated heterocycles. The molecule has 0 saturated carbocycles. The van der Waals surface area contributed by atoms with Crippen LogP contribution in [0.3, 0.4) is 0 Å². The van der Waals surface area contributed by atoms with Crippen molar-refractivity contribution in [2.75, 3.05) is 13.1 Å². The number of carbonyl (C=O) groups is 2. The van der Waals surface area contributed by atoms with Gasteiger partial charge in [0.15, 0.2) is 0 Å². The fourth-order valence-electron chi connectivity index (χ4n) is 3.86. The van der Waals surface area contributed by atoms with E-state index in [9.17, 15) is 19.1 Å². The first-order valence-corrected chi connectivity index (χ1v) is 10.1. The van der Waals surface area contributed by atoms with E-state index in [0.717, 1.165) is 11.3 Å². The first-order valence-electron chi connectivity index (χ1n) is 10.1. The van der Waals surface area contributed by atoms with Crippen LogP contribution >= 0.6 is 0 Å². The van der Waals surface area contributed by atoms with Gasteiger partial charge in [0, 0.05) is 43.4 Å². The van der Waals surface area contributed by atoms with Crippen molar-refractivity contribution < 1.29 is 19.1 Å². The quantitative estimate of drug-likeness (QED) is 0.553. The standard InChI is InChI=1S/C24H27FN2O3/c1-4-6-12-27-19-11-13-26(15-17-7-9-18(25)10-8-17)24(30)22(19)23(29)21(28)14-20(27)16(3)5-2/h4-5,7-10,14,16,21,28H,1-2,6,11-13,15H2,3H3.